The molecule has 0 fully saturated rings. The molecular formula is C13H16FNO. The summed E-state index contributed by atoms with van der Waals surface area (Å²) in [5.41, 5.74) is 6.10. The molecule has 0 heterocycles. The van der Waals surface area contributed by atoms with E-state index in [1.165, 1.54) is 6.07 Å². The normalized spacial score (nSPS) is 11.9. The lowest BCUT2D eigenvalue weighted by Gasteiger charge is -2.10. The molecule has 1 atom stereocenters. The van der Waals surface area contributed by atoms with E-state index in [2.05, 4.69) is 5.92 Å². The fourth-order valence-electron chi connectivity index (χ4n) is 1.33. The molecule has 0 bridgehead atoms. The highest BCUT2D eigenvalue weighted by molar-refractivity contribution is 5.30. The molecular weight excluding hydrogens is 205 g/mol. The molecule has 0 unspecified atom stereocenters. The van der Waals surface area contributed by atoms with Crippen molar-refractivity contribution in [2.75, 3.05) is 6.61 Å². The minimum absolute atomic E-state index is 0.310. The van der Waals surface area contributed by atoms with Gasteiger partial charge in [-0.2, -0.15) is 0 Å². The summed E-state index contributed by atoms with van der Waals surface area (Å²) in [5, 5.41) is 0. The topological polar surface area (TPSA) is 35.2 Å². The van der Waals surface area contributed by atoms with Crippen molar-refractivity contribution in [1.29, 1.82) is 0 Å². The zero-order valence-corrected chi connectivity index (χ0v) is 9.37. The fraction of sp³-hybridized carbons (Fsp3) is 0.385. The molecule has 16 heavy (non-hydrogen) atoms. The molecule has 86 valence electrons. The molecule has 0 aromatic heterocycles. The number of halogens is 1. The summed E-state index contributed by atoms with van der Waals surface area (Å²) in [6.45, 7) is 2.24. The molecule has 0 amide bonds. The summed E-state index contributed by atoms with van der Waals surface area (Å²) in [7, 11) is 0. The Kier molecular flexibility index (Phi) is 4.81. The van der Waals surface area contributed by atoms with Crippen LogP contribution in [0.3, 0.4) is 0 Å². The molecule has 0 spiro atoms. The van der Waals surface area contributed by atoms with E-state index in [-0.39, 0.29) is 11.9 Å². The van der Waals surface area contributed by atoms with Crippen LogP contribution in [0.15, 0.2) is 18.2 Å². The summed E-state index contributed by atoms with van der Waals surface area (Å²) in [4.78, 5) is 0. The highest BCUT2D eigenvalue weighted by Crippen LogP contribution is 2.20. The predicted octanol–water partition coefficient (Wildman–Crippen LogP) is 2.64. The molecule has 1 aromatic carbocycles. The number of rotatable bonds is 5. The van der Waals surface area contributed by atoms with Crippen molar-refractivity contribution in [3.63, 3.8) is 0 Å². The third-order valence-corrected chi connectivity index (χ3v) is 2.20. The maximum atomic E-state index is 13.5. The van der Waals surface area contributed by atoms with Gasteiger partial charge in [-0.05, 0) is 19.4 Å². The van der Waals surface area contributed by atoms with Crippen LogP contribution in [0.4, 0.5) is 4.39 Å². The number of ether oxygens (including phenoxy) is 1. The lowest BCUT2D eigenvalue weighted by Crippen LogP contribution is -2.07. The van der Waals surface area contributed by atoms with Gasteiger partial charge in [-0.1, -0.05) is 6.07 Å². The first-order valence-electron chi connectivity index (χ1n) is 5.26. The van der Waals surface area contributed by atoms with E-state index < -0.39 is 0 Å². The van der Waals surface area contributed by atoms with Crippen LogP contribution >= 0.6 is 0 Å². The Morgan fingerprint density at radius 3 is 2.88 bits per heavy atom. The average molecular weight is 221 g/mol. The molecule has 1 rings (SSSR count). The molecule has 1 aromatic rings. The first-order chi connectivity index (χ1) is 7.65. The smallest absolute Gasteiger partial charge is 0.131 e. The molecule has 2 N–H and O–H groups in total. The van der Waals surface area contributed by atoms with E-state index in [1.807, 2.05) is 0 Å². The van der Waals surface area contributed by atoms with Gasteiger partial charge in [-0.15, -0.1) is 12.3 Å². The standard InChI is InChI=1S/C13H16FNO/c1-3-4-5-8-16-11-6-7-12(10(2)15)13(14)9-11/h1,6-7,9-10H,4-5,8,15H2,2H3/t10-/m1/s1. The van der Waals surface area contributed by atoms with Gasteiger partial charge in [0, 0.05) is 24.1 Å². The van der Waals surface area contributed by atoms with Gasteiger partial charge in [0.1, 0.15) is 11.6 Å². The van der Waals surface area contributed by atoms with Gasteiger partial charge in [-0.3, -0.25) is 0 Å². The SMILES string of the molecule is C#CCCCOc1ccc([C@@H](C)N)c(F)c1. The van der Waals surface area contributed by atoms with Gasteiger partial charge in [0.2, 0.25) is 0 Å². The van der Waals surface area contributed by atoms with Crippen LogP contribution in [0, 0.1) is 18.2 Å². The van der Waals surface area contributed by atoms with E-state index >= 15 is 0 Å². The summed E-state index contributed by atoms with van der Waals surface area (Å²) in [5.74, 6) is 2.70. The number of terminal acetylenes is 1. The molecule has 0 radical (unpaired) electrons. The number of hydrogen-bond donors (Lipinski definition) is 1. The lowest BCUT2D eigenvalue weighted by atomic mass is 10.1. The van der Waals surface area contributed by atoms with Crippen molar-refractivity contribution < 1.29 is 9.13 Å². The lowest BCUT2D eigenvalue weighted by molar-refractivity contribution is 0.311. The second-order valence-corrected chi connectivity index (χ2v) is 3.63. The Bertz CT molecular complexity index is 382. The second kappa shape index (κ2) is 6.14. The Balaban J connectivity index is 2.57. The van der Waals surface area contributed by atoms with Crippen molar-refractivity contribution >= 4 is 0 Å². The predicted molar refractivity (Wildman–Crippen MR) is 62.6 cm³/mol. The molecule has 0 aliphatic carbocycles. The third-order valence-electron chi connectivity index (χ3n) is 2.20. The molecule has 2 nitrogen and oxygen atoms in total. The largest absolute Gasteiger partial charge is 0.493 e. The van der Waals surface area contributed by atoms with Crippen molar-refractivity contribution in [1.82, 2.24) is 0 Å². The van der Waals surface area contributed by atoms with Crippen LogP contribution in [0.5, 0.6) is 5.75 Å². The van der Waals surface area contributed by atoms with Crippen LogP contribution in [0.1, 0.15) is 31.4 Å². The number of benzene rings is 1. The van der Waals surface area contributed by atoms with E-state index in [4.69, 9.17) is 16.9 Å². The molecule has 3 heteroatoms. The Labute approximate surface area is 95.6 Å². The summed E-state index contributed by atoms with van der Waals surface area (Å²) in [6, 6.07) is 4.42. The summed E-state index contributed by atoms with van der Waals surface area (Å²) in [6.07, 6.45) is 6.54. The maximum Gasteiger partial charge on any atom is 0.131 e. The Hall–Kier alpha value is -1.53. The fourth-order valence-corrected chi connectivity index (χ4v) is 1.33. The minimum atomic E-state index is -0.329. The van der Waals surface area contributed by atoms with Gasteiger partial charge in [0.05, 0.1) is 6.61 Å². The number of unbranched alkanes of at least 4 members (excludes halogenated alkanes) is 1. The van der Waals surface area contributed by atoms with E-state index in [1.54, 1.807) is 19.1 Å². The van der Waals surface area contributed by atoms with E-state index in [0.717, 1.165) is 6.42 Å². The van der Waals surface area contributed by atoms with Crippen molar-refractivity contribution in [2.24, 2.45) is 5.73 Å². The molecule has 0 saturated heterocycles. The average Bonchev–Trinajstić information content (AvgIpc) is 2.24. The van der Waals surface area contributed by atoms with Gasteiger partial charge in [0.15, 0.2) is 0 Å². The summed E-state index contributed by atoms with van der Waals surface area (Å²) >= 11 is 0. The van der Waals surface area contributed by atoms with E-state index in [0.29, 0.717) is 24.3 Å². The van der Waals surface area contributed by atoms with Crippen LogP contribution in [-0.4, -0.2) is 6.61 Å². The van der Waals surface area contributed by atoms with Gasteiger partial charge in [-0.25, -0.2) is 4.39 Å². The molecule has 0 aliphatic rings. The van der Waals surface area contributed by atoms with Crippen LogP contribution in [0.25, 0.3) is 0 Å². The Morgan fingerprint density at radius 1 is 1.56 bits per heavy atom. The van der Waals surface area contributed by atoms with Crippen LogP contribution in [-0.2, 0) is 0 Å². The number of hydrogen-bond acceptors (Lipinski definition) is 2. The summed E-state index contributed by atoms with van der Waals surface area (Å²) < 4.78 is 18.8. The Morgan fingerprint density at radius 2 is 2.31 bits per heavy atom. The zero-order valence-electron chi connectivity index (χ0n) is 9.37. The highest BCUT2D eigenvalue weighted by atomic mass is 19.1. The first kappa shape index (κ1) is 12.5. The van der Waals surface area contributed by atoms with Gasteiger partial charge in [0.25, 0.3) is 0 Å². The van der Waals surface area contributed by atoms with Crippen molar-refractivity contribution in [2.45, 2.75) is 25.8 Å². The monoisotopic (exact) mass is 221 g/mol. The molecule has 0 saturated carbocycles. The van der Waals surface area contributed by atoms with Gasteiger partial charge >= 0.3 is 0 Å². The highest BCUT2D eigenvalue weighted by Gasteiger charge is 2.07. The van der Waals surface area contributed by atoms with Crippen molar-refractivity contribution in [3.05, 3.63) is 29.6 Å². The van der Waals surface area contributed by atoms with Gasteiger partial charge < -0.3 is 10.5 Å². The minimum Gasteiger partial charge on any atom is -0.493 e. The first-order valence-corrected chi connectivity index (χ1v) is 5.26. The number of nitrogens with two attached hydrogens (primary N) is 1. The zero-order chi connectivity index (χ0) is 12.0. The quantitative estimate of drug-likeness (QED) is 0.612. The maximum absolute atomic E-state index is 13.5. The van der Waals surface area contributed by atoms with E-state index in [9.17, 15) is 4.39 Å². The third kappa shape index (κ3) is 3.56. The van der Waals surface area contributed by atoms with Crippen molar-refractivity contribution in [3.8, 4) is 18.1 Å². The van der Waals surface area contributed by atoms with Crippen LogP contribution < -0.4 is 10.5 Å². The molecule has 0 aliphatic heterocycles. The van der Waals surface area contributed by atoms with Crippen LogP contribution in [0.2, 0.25) is 0 Å². The second-order valence-electron chi connectivity index (χ2n) is 3.63.